The molecule has 88 valence electrons. The first-order valence-electron chi connectivity index (χ1n) is 6.32. The zero-order valence-corrected chi connectivity index (χ0v) is 11.1. The Morgan fingerprint density at radius 1 is 1.20 bits per heavy atom. The molecule has 0 aliphatic heterocycles. The van der Waals surface area contributed by atoms with Gasteiger partial charge in [0.05, 0.1) is 5.69 Å². The summed E-state index contributed by atoms with van der Waals surface area (Å²) in [6, 6.07) is 2.65. The van der Waals surface area contributed by atoms with Crippen molar-refractivity contribution in [2.24, 2.45) is 0 Å². The number of hydrogen-bond acceptors (Lipinski definition) is 1. The standard InChI is InChI=1S/C9H14N2.2C2H6/c1-7(2)11-6-5-9(10-11)8-3-4-8;2*1-2/h5-8H,3-4H2,1-2H3;2*1-2H3. The normalized spacial score (nSPS) is 13.8. The van der Waals surface area contributed by atoms with Crippen LogP contribution in [0.4, 0.5) is 0 Å². The Morgan fingerprint density at radius 2 is 1.73 bits per heavy atom. The lowest BCUT2D eigenvalue weighted by atomic mass is 10.3. The second-order valence-electron chi connectivity index (χ2n) is 3.59. The van der Waals surface area contributed by atoms with Gasteiger partial charge in [-0.25, -0.2) is 0 Å². The molecule has 1 heterocycles. The molecule has 2 rings (SSSR count). The van der Waals surface area contributed by atoms with Crippen molar-refractivity contribution in [3.8, 4) is 0 Å². The van der Waals surface area contributed by atoms with Crippen molar-refractivity contribution in [3.63, 3.8) is 0 Å². The van der Waals surface area contributed by atoms with E-state index < -0.39 is 0 Å². The van der Waals surface area contributed by atoms with E-state index in [2.05, 4.69) is 31.2 Å². The molecular formula is C13H26N2. The van der Waals surface area contributed by atoms with E-state index in [4.69, 9.17) is 0 Å². The van der Waals surface area contributed by atoms with E-state index in [0.29, 0.717) is 6.04 Å². The third-order valence-corrected chi connectivity index (χ3v) is 2.15. The maximum atomic E-state index is 4.49. The molecule has 0 N–H and O–H groups in total. The molecule has 0 unspecified atom stereocenters. The van der Waals surface area contributed by atoms with Gasteiger partial charge in [-0.3, -0.25) is 4.68 Å². The molecule has 2 heteroatoms. The van der Waals surface area contributed by atoms with Crippen LogP contribution in [0.25, 0.3) is 0 Å². The predicted molar refractivity (Wildman–Crippen MR) is 67.3 cm³/mol. The topological polar surface area (TPSA) is 17.8 Å². The van der Waals surface area contributed by atoms with E-state index in [1.54, 1.807) is 0 Å². The summed E-state index contributed by atoms with van der Waals surface area (Å²) in [5, 5.41) is 4.49. The van der Waals surface area contributed by atoms with E-state index >= 15 is 0 Å². The van der Waals surface area contributed by atoms with Crippen molar-refractivity contribution < 1.29 is 0 Å². The molecule has 0 aromatic carbocycles. The highest BCUT2D eigenvalue weighted by molar-refractivity contribution is 5.12. The van der Waals surface area contributed by atoms with Gasteiger partial charge < -0.3 is 0 Å². The Bertz CT molecular complexity index is 230. The Labute approximate surface area is 94.7 Å². The van der Waals surface area contributed by atoms with Crippen LogP contribution in [0.3, 0.4) is 0 Å². The third-order valence-electron chi connectivity index (χ3n) is 2.15. The molecule has 1 aromatic heterocycles. The summed E-state index contributed by atoms with van der Waals surface area (Å²) >= 11 is 0. The molecule has 2 nitrogen and oxygen atoms in total. The van der Waals surface area contributed by atoms with Gasteiger partial charge in [0.15, 0.2) is 0 Å². The van der Waals surface area contributed by atoms with Crippen molar-refractivity contribution in [2.75, 3.05) is 0 Å². The lowest BCUT2D eigenvalue weighted by Crippen LogP contribution is -2.01. The maximum Gasteiger partial charge on any atom is 0.0655 e. The predicted octanol–water partition coefficient (Wildman–Crippen LogP) is 4.39. The molecule has 0 radical (unpaired) electrons. The zero-order chi connectivity index (χ0) is 11.8. The van der Waals surface area contributed by atoms with E-state index in [-0.39, 0.29) is 0 Å². The van der Waals surface area contributed by atoms with Gasteiger partial charge in [0.25, 0.3) is 0 Å². The first-order chi connectivity index (χ1) is 7.27. The zero-order valence-electron chi connectivity index (χ0n) is 11.1. The minimum absolute atomic E-state index is 0.502. The highest BCUT2D eigenvalue weighted by Gasteiger charge is 2.25. The maximum absolute atomic E-state index is 4.49. The van der Waals surface area contributed by atoms with Crippen LogP contribution in [0.15, 0.2) is 12.3 Å². The smallest absolute Gasteiger partial charge is 0.0655 e. The Kier molecular flexibility index (Phi) is 7.10. The molecule has 0 amide bonds. The Morgan fingerprint density at radius 3 is 2.07 bits per heavy atom. The molecule has 1 saturated carbocycles. The second kappa shape index (κ2) is 7.49. The van der Waals surface area contributed by atoms with Crippen LogP contribution in [0, 0.1) is 0 Å². The molecule has 1 fully saturated rings. The Hall–Kier alpha value is -0.790. The molecule has 0 bridgehead atoms. The van der Waals surface area contributed by atoms with Gasteiger partial charge in [-0.1, -0.05) is 27.7 Å². The summed E-state index contributed by atoms with van der Waals surface area (Å²) in [6.07, 6.45) is 4.77. The molecule has 1 aliphatic rings. The van der Waals surface area contributed by atoms with E-state index in [9.17, 15) is 0 Å². The fraction of sp³-hybridized carbons (Fsp3) is 0.769. The number of rotatable bonds is 2. The number of hydrogen-bond donors (Lipinski definition) is 0. The number of aromatic nitrogens is 2. The van der Waals surface area contributed by atoms with Crippen molar-refractivity contribution in [1.29, 1.82) is 0 Å². The quantitative estimate of drug-likeness (QED) is 0.707. The average molecular weight is 210 g/mol. The highest BCUT2D eigenvalue weighted by Crippen LogP contribution is 2.38. The minimum atomic E-state index is 0.502. The van der Waals surface area contributed by atoms with Crippen molar-refractivity contribution in [2.45, 2.75) is 66.3 Å². The summed E-state index contributed by atoms with van der Waals surface area (Å²) < 4.78 is 2.04. The summed E-state index contributed by atoms with van der Waals surface area (Å²) in [4.78, 5) is 0. The van der Waals surface area contributed by atoms with Gasteiger partial charge in [-0.05, 0) is 32.8 Å². The second-order valence-corrected chi connectivity index (χ2v) is 3.59. The van der Waals surface area contributed by atoms with Crippen LogP contribution in [0.2, 0.25) is 0 Å². The number of nitrogens with zero attached hydrogens (tertiary/aromatic N) is 2. The van der Waals surface area contributed by atoms with Gasteiger partial charge in [0.1, 0.15) is 0 Å². The van der Waals surface area contributed by atoms with Crippen LogP contribution in [0.5, 0.6) is 0 Å². The van der Waals surface area contributed by atoms with Crippen LogP contribution in [-0.2, 0) is 0 Å². The lowest BCUT2D eigenvalue weighted by Gasteiger charge is -2.03. The van der Waals surface area contributed by atoms with E-state index in [1.165, 1.54) is 18.5 Å². The van der Waals surface area contributed by atoms with Gasteiger partial charge in [-0.15, -0.1) is 0 Å². The molecule has 0 spiro atoms. The van der Waals surface area contributed by atoms with Gasteiger partial charge in [-0.2, -0.15) is 5.10 Å². The van der Waals surface area contributed by atoms with Crippen molar-refractivity contribution >= 4 is 0 Å². The molecule has 0 atom stereocenters. The average Bonchev–Trinajstić information content (AvgIpc) is 3.02. The minimum Gasteiger partial charge on any atom is -0.270 e. The Balaban J connectivity index is 0.000000442. The molecule has 15 heavy (non-hydrogen) atoms. The fourth-order valence-corrected chi connectivity index (χ4v) is 1.24. The van der Waals surface area contributed by atoms with Gasteiger partial charge in [0, 0.05) is 18.2 Å². The summed E-state index contributed by atoms with van der Waals surface area (Å²) in [7, 11) is 0. The first kappa shape index (κ1) is 14.2. The SMILES string of the molecule is CC.CC.CC(C)n1ccc(C2CC2)n1. The van der Waals surface area contributed by atoms with Gasteiger partial charge >= 0.3 is 0 Å². The molecule has 1 aromatic rings. The van der Waals surface area contributed by atoms with Gasteiger partial charge in [0.2, 0.25) is 0 Å². The first-order valence-corrected chi connectivity index (χ1v) is 6.32. The van der Waals surface area contributed by atoms with Crippen LogP contribution < -0.4 is 0 Å². The molecule has 1 aliphatic carbocycles. The van der Waals surface area contributed by atoms with E-state index in [1.807, 2.05) is 32.4 Å². The molecular weight excluding hydrogens is 184 g/mol. The van der Waals surface area contributed by atoms with Crippen LogP contribution >= 0.6 is 0 Å². The van der Waals surface area contributed by atoms with E-state index in [0.717, 1.165) is 5.92 Å². The lowest BCUT2D eigenvalue weighted by molar-refractivity contribution is 0.526. The van der Waals surface area contributed by atoms with Crippen LogP contribution in [-0.4, -0.2) is 9.78 Å². The fourth-order valence-electron chi connectivity index (χ4n) is 1.24. The highest BCUT2D eigenvalue weighted by atomic mass is 15.3. The largest absolute Gasteiger partial charge is 0.270 e. The monoisotopic (exact) mass is 210 g/mol. The van der Waals surface area contributed by atoms with Crippen LogP contribution in [0.1, 0.15) is 72.0 Å². The summed E-state index contributed by atoms with van der Waals surface area (Å²) in [6.45, 7) is 12.3. The molecule has 0 saturated heterocycles. The third kappa shape index (κ3) is 4.50. The van der Waals surface area contributed by atoms with Crippen molar-refractivity contribution in [3.05, 3.63) is 18.0 Å². The van der Waals surface area contributed by atoms with Crippen molar-refractivity contribution in [1.82, 2.24) is 9.78 Å². The summed E-state index contributed by atoms with van der Waals surface area (Å²) in [5.41, 5.74) is 1.29. The summed E-state index contributed by atoms with van der Waals surface area (Å²) in [5.74, 6) is 0.787.